The molecular formula is C14H21N5O3S. The Hall–Kier alpha value is -1.71. The van der Waals surface area contributed by atoms with E-state index in [1.54, 1.807) is 14.2 Å². The van der Waals surface area contributed by atoms with Crippen molar-refractivity contribution in [2.24, 2.45) is 7.05 Å². The number of nitrogens with one attached hydrogen (secondary N) is 1. The molecule has 0 aliphatic carbocycles. The maximum atomic E-state index is 13.0. The van der Waals surface area contributed by atoms with E-state index < -0.39 is 10.0 Å². The molecule has 3 rings (SSSR count). The number of aromatic amines is 1. The van der Waals surface area contributed by atoms with Crippen molar-refractivity contribution < 1.29 is 13.2 Å². The third kappa shape index (κ3) is 2.79. The molecule has 8 nitrogen and oxygen atoms in total. The minimum Gasteiger partial charge on any atom is -0.380 e. The van der Waals surface area contributed by atoms with Crippen LogP contribution in [0.1, 0.15) is 29.7 Å². The molecule has 0 aromatic carbocycles. The van der Waals surface area contributed by atoms with Gasteiger partial charge in [0.25, 0.3) is 0 Å². The van der Waals surface area contributed by atoms with Crippen LogP contribution in [0.2, 0.25) is 0 Å². The van der Waals surface area contributed by atoms with E-state index >= 15 is 0 Å². The van der Waals surface area contributed by atoms with Crippen molar-refractivity contribution in [1.29, 1.82) is 0 Å². The van der Waals surface area contributed by atoms with Crippen LogP contribution >= 0.6 is 0 Å². The van der Waals surface area contributed by atoms with Gasteiger partial charge in [-0.2, -0.15) is 9.40 Å². The zero-order valence-electron chi connectivity index (χ0n) is 13.6. The lowest BCUT2D eigenvalue weighted by atomic mass is 10.2. The molecule has 1 saturated heterocycles. The second-order valence-electron chi connectivity index (χ2n) is 5.87. The molecule has 1 N–H and O–H groups in total. The third-order valence-corrected chi connectivity index (χ3v) is 6.13. The van der Waals surface area contributed by atoms with E-state index in [-0.39, 0.29) is 17.0 Å². The van der Waals surface area contributed by atoms with E-state index in [0.717, 1.165) is 11.4 Å². The number of methoxy groups -OCH3 is 1. The van der Waals surface area contributed by atoms with Gasteiger partial charge in [0.1, 0.15) is 10.7 Å². The van der Waals surface area contributed by atoms with Gasteiger partial charge in [0.05, 0.1) is 24.0 Å². The highest BCUT2D eigenvalue weighted by Gasteiger charge is 2.43. The fraction of sp³-hybridized carbons (Fsp3) is 0.571. The molecule has 23 heavy (non-hydrogen) atoms. The second kappa shape index (κ2) is 5.73. The topological polar surface area (TPSA) is 93.1 Å². The van der Waals surface area contributed by atoms with Crippen molar-refractivity contribution in [3.05, 3.63) is 29.6 Å². The Morgan fingerprint density at radius 3 is 2.65 bits per heavy atom. The molecule has 126 valence electrons. The average Bonchev–Trinajstić information content (AvgIpc) is 3.18. The highest BCUT2D eigenvalue weighted by Crippen LogP contribution is 2.36. The summed E-state index contributed by atoms with van der Waals surface area (Å²) in [6.45, 7) is 4.13. The van der Waals surface area contributed by atoms with Crippen LogP contribution in [0.5, 0.6) is 0 Å². The Morgan fingerprint density at radius 1 is 1.39 bits per heavy atom. The SMILES string of the molecule is CO[C@@H]1C[C@@H](c2nc(C)c(C)[nH]2)N(S(=O)(=O)c2cnn(C)c2)C1. The molecule has 2 atom stereocenters. The minimum atomic E-state index is -3.65. The second-order valence-corrected chi connectivity index (χ2v) is 7.76. The van der Waals surface area contributed by atoms with Gasteiger partial charge in [-0.15, -0.1) is 0 Å². The number of ether oxygens (including phenoxy) is 1. The van der Waals surface area contributed by atoms with E-state index in [1.807, 2.05) is 13.8 Å². The van der Waals surface area contributed by atoms with Gasteiger partial charge in [0.2, 0.25) is 10.0 Å². The maximum Gasteiger partial charge on any atom is 0.246 e. The molecule has 1 aliphatic rings. The van der Waals surface area contributed by atoms with Gasteiger partial charge in [-0.3, -0.25) is 4.68 Å². The molecule has 0 bridgehead atoms. The Bertz CT molecular complexity index is 791. The molecular weight excluding hydrogens is 318 g/mol. The number of aromatic nitrogens is 4. The van der Waals surface area contributed by atoms with Crippen molar-refractivity contribution in [2.45, 2.75) is 37.3 Å². The van der Waals surface area contributed by atoms with E-state index in [4.69, 9.17) is 4.74 Å². The van der Waals surface area contributed by atoms with Gasteiger partial charge in [0.15, 0.2) is 0 Å². The number of H-pyrrole nitrogens is 1. The molecule has 2 aromatic rings. The first-order valence-corrected chi connectivity index (χ1v) is 8.83. The summed E-state index contributed by atoms with van der Waals surface area (Å²) < 4.78 is 34.3. The fourth-order valence-electron chi connectivity index (χ4n) is 2.85. The largest absolute Gasteiger partial charge is 0.380 e. The summed E-state index contributed by atoms with van der Waals surface area (Å²) in [4.78, 5) is 7.86. The molecule has 0 saturated carbocycles. The lowest BCUT2D eigenvalue weighted by molar-refractivity contribution is 0.114. The van der Waals surface area contributed by atoms with Gasteiger partial charge in [-0.1, -0.05) is 0 Å². The van der Waals surface area contributed by atoms with Crippen LogP contribution in [0, 0.1) is 13.8 Å². The standard InChI is InChI=1S/C14H21N5O3S/c1-9-10(2)17-14(16-9)13-5-11(22-4)7-19(13)23(20,21)12-6-15-18(3)8-12/h6,8,11,13H,5,7H2,1-4H3,(H,16,17)/t11-,13+/m1/s1. The van der Waals surface area contributed by atoms with Crippen LogP contribution in [0.3, 0.4) is 0 Å². The molecule has 1 fully saturated rings. The molecule has 0 unspecified atom stereocenters. The molecule has 0 amide bonds. The summed E-state index contributed by atoms with van der Waals surface area (Å²) >= 11 is 0. The summed E-state index contributed by atoms with van der Waals surface area (Å²) in [5.41, 5.74) is 1.82. The Kier molecular flexibility index (Phi) is 4.03. The average molecular weight is 339 g/mol. The number of hydrogen-bond acceptors (Lipinski definition) is 5. The smallest absolute Gasteiger partial charge is 0.246 e. The third-order valence-electron chi connectivity index (χ3n) is 4.30. The van der Waals surface area contributed by atoms with Gasteiger partial charge < -0.3 is 9.72 Å². The fourth-order valence-corrected chi connectivity index (χ4v) is 4.47. The van der Waals surface area contributed by atoms with E-state index in [9.17, 15) is 8.42 Å². The molecule has 0 spiro atoms. The number of rotatable bonds is 4. The summed E-state index contributed by atoms with van der Waals surface area (Å²) in [6.07, 6.45) is 3.29. The first-order chi connectivity index (χ1) is 10.8. The summed E-state index contributed by atoms with van der Waals surface area (Å²) in [6, 6.07) is -0.363. The minimum absolute atomic E-state index is 0.155. The van der Waals surface area contributed by atoms with Crippen molar-refractivity contribution in [2.75, 3.05) is 13.7 Å². The van der Waals surface area contributed by atoms with Crippen molar-refractivity contribution in [3.8, 4) is 0 Å². The summed E-state index contributed by atoms with van der Waals surface area (Å²) in [5, 5.41) is 3.97. The van der Waals surface area contributed by atoms with Crippen LogP contribution in [0.4, 0.5) is 0 Å². The first kappa shape index (κ1) is 16.2. The Labute approximate surface area is 135 Å². The number of aryl methyl sites for hydroxylation is 3. The first-order valence-electron chi connectivity index (χ1n) is 7.39. The van der Waals surface area contributed by atoms with E-state index in [0.29, 0.717) is 18.8 Å². The van der Waals surface area contributed by atoms with Crippen LogP contribution in [0.15, 0.2) is 17.3 Å². The Morgan fingerprint density at radius 2 is 2.13 bits per heavy atom. The predicted octanol–water partition coefficient (Wildman–Crippen LogP) is 0.911. The zero-order valence-corrected chi connectivity index (χ0v) is 14.5. The van der Waals surface area contributed by atoms with E-state index in [1.165, 1.54) is 21.4 Å². The normalized spacial score (nSPS) is 22.8. The monoisotopic (exact) mass is 339 g/mol. The van der Waals surface area contributed by atoms with Crippen LogP contribution in [-0.2, 0) is 21.8 Å². The van der Waals surface area contributed by atoms with Gasteiger partial charge in [-0.25, -0.2) is 13.4 Å². The predicted molar refractivity (Wildman–Crippen MR) is 83.3 cm³/mol. The van der Waals surface area contributed by atoms with Crippen molar-refractivity contribution in [3.63, 3.8) is 0 Å². The maximum absolute atomic E-state index is 13.0. The zero-order chi connectivity index (χ0) is 16.8. The molecule has 1 aliphatic heterocycles. The molecule has 3 heterocycles. The van der Waals surface area contributed by atoms with Gasteiger partial charge in [0, 0.05) is 32.6 Å². The number of sulfonamides is 1. The van der Waals surface area contributed by atoms with Gasteiger partial charge in [-0.05, 0) is 20.3 Å². The van der Waals surface area contributed by atoms with Crippen LogP contribution < -0.4 is 0 Å². The van der Waals surface area contributed by atoms with Crippen molar-refractivity contribution >= 4 is 10.0 Å². The highest BCUT2D eigenvalue weighted by atomic mass is 32.2. The Balaban J connectivity index is 2.00. The molecule has 2 aromatic heterocycles. The van der Waals surface area contributed by atoms with E-state index in [2.05, 4.69) is 15.1 Å². The van der Waals surface area contributed by atoms with Crippen LogP contribution in [-0.4, -0.2) is 52.2 Å². The summed E-state index contributed by atoms with van der Waals surface area (Å²) in [7, 11) is -0.362. The quantitative estimate of drug-likeness (QED) is 0.894. The summed E-state index contributed by atoms with van der Waals surface area (Å²) in [5.74, 6) is 0.659. The van der Waals surface area contributed by atoms with Crippen molar-refractivity contribution in [1.82, 2.24) is 24.1 Å². The molecule has 0 radical (unpaired) electrons. The number of hydrogen-bond donors (Lipinski definition) is 1. The lowest BCUT2D eigenvalue weighted by Gasteiger charge is -2.21. The van der Waals surface area contributed by atoms with Crippen LogP contribution in [0.25, 0.3) is 0 Å². The van der Waals surface area contributed by atoms with Gasteiger partial charge >= 0.3 is 0 Å². The highest BCUT2D eigenvalue weighted by molar-refractivity contribution is 7.89. The molecule has 9 heteroatoms. The number of nitrogens with zero attached hydrogens (tertiary/aromatic N) is 4. The number of imidazole rings is 1. The lowest BCUT2D eigenvalue weighted by Crippen LogP contribution is -2.32.